The molecule has 0 aromatic rings. The topological polar surface area (TPSA) is 26.3 Å². The second kappa shape index (κ2) is 3.41. The molecule has 2 rings (SSSR count). The Morgan fingerprint density at radius 3 is 2.54 bits per heavy atom. The molecule has 0 aromatic heterocycles. The van der Waals surface area contributed by atoms with Crippen LogP contribution in [0.3, 0.4) is 0 Å². The molecule has 2 atom stereocenters. The maximum Gasteiger partial charge on any atom is 0.162 e. The minimum atomic E-state index is 0.183. The summed E-state index contributed by atoms with van der Waals surface area (Å²) in [5, 5.41) is 0. The second-order valence-corrected chi connectivity index (χ2v) is 4.61. The Morgan fingerprint density at radius 2 is 2.00 bits per heavy atom. The molecule has 0 saturated heterocycles. The number of rotatable bonds is 4. The summed E-state index contributed by atoms with van der Waals surface area (Å²) in [6.07, 6.45) is 4.08. The van der Waals surface area contributed by atoms with Crippen molar-refractivity contribution in [2.45, 2.75) is 39.2 Å². The van der Waals surface area contributed by atoms with Gasteiger partial charge in [0.1, 0.15) is 6.61 Å². The van der Waals surface area contributed by atoms with Crippen LogP contribution in [0.25, 0.3) is 0 Å². The molecule has 2 heteroatoms. The zero-order chi connectivity index (χ0) is 9.42. The Labute approximate surface area is 79.7 Å². The van der Waals surface area contributed by atoms with Crippen molar-refractivity contribution >= 4 is 5.78 Å². The Morgan fingerprint density at radius 1 is 1.38 bits per heavy atom. The molecule has 0 amide bonds. The van der Waals surface area contributed by atoms with Gasteiger partial charge in [0.2, 0.25) is 0 Å². The summed E-state index contributed by atoms with van der Waals surface area (Å²) in [4.78, 5) is 11.6. The van der Waals surface area contributed by atoms with Crippen LogP contribution in [0, 0.1) is 17.8 Å². The SMILES string of the molecule is CC(C)OCC(=O)C1C2CCCC21. The van der Waals surface area contributed by atoms with Crippen molar-refractivity contribution in [2.75, 3.05) is 6.61 Å². The Hall–Kier alpha value is -0.370. The number of carbonyl (C=O) groups is 1. The highest BCUT2D eigenvalue weighted by atomic mass is 16.5. The van der Waals surface area contributed by atoms with Crippen molar-refractivity contribution in [3.8, 4) is 0 Å². The maximum absolute atomic E-state index is 11.6. The van der Waals surface area contributed by atoms with Crippen molar-refractivity contribution in [1.82, 2.24) is 0 Å². The molecular formula is C11H18O2. The number of hydrogen-bond acceptors (Lipinski definition) is 2. The maximum atomic E-state index is 11.6. The van der Waals surface area contributed by atoms with E-state index in [4.69, 9.17) is 4.74 Å². The molecule has 2 fully saturated rings. The van der Waals surface area contributed by atoms with E-state index in [0.717, 1.165) is 11.8 Å². The van der Waals surface area contributed by atoms with Crippen LogP contribution in [0.1, 0.15) is 33.1 Å². The quantitative estimate of drug-likeness (QED) is 0.665. The van der Waals surface area contributed by atoms with Gasteiger partial charge < -0.3 is 4.74 Å². The van der Waals surface area contributed by atoms with Crippen LogP contribution >= 0.6 is 0 Å². The molecule has 0 heterocycles. The molecule has 2 unspecified atom stereocenters. The lowest BCUT2D eigenvalue weighted by Crippen LogP contribution is -2.16. The number of ketones is 1. The van der Waals surface area contributed by atoms with Crippen LogP contribution in [0.2, 0.25) is 0 Å². The average Bonchev–Trinajstić information content (AvgIpc) is 2.56. The van der Waals surface area contributed by atoms with Crippen LogP contribution in [0.4, 0.5) is 0 Å². The smallest absolute Gasteiger partial charge is 0.162 e. The van der Waals surface area contributed by atoms with Crippen molar-refractivity contribution < 1.29 is 9.53 Å². The van der Waals surface area contributed by atoms with Gasteiger partial charge in [-0.2, -0.15) is 0 Å². The van der Waals surface area contributed by atoms with Gasteiger partial charge in [-0.3, -0.25) is 4.79 Å². The first-order valence-corrected chi connectivity index (χ1v) is 5.34. The third-order valence-electron chi connectivity index (χ3n) is 3.34. The summed E-state index contributed by atoms with van der Waals surface area (Å²) in [5.74, 6) is 2.21. The zero-order valence-electron chi connectivity index (χ0n) is 8.45. The molecule has 2 saturated carbocycles. The van der Waals surface area contributed by atoms with E-state index in [0.29, 0.717) is 18.3 Å². The standard InChI is InChI=1S/C11H18O2/c1-7(2)13-6-10(12)11-8-4-3-5-9(8)11/h7-9,11H,3-6H2,1-2H3. The van der Waals surface area contributed by atoms with E-state index in [1.165, 1.54) is 19.3 Å². The highest BCUT2D eigenvalue weighted by molar-refractivity contribution is 5.85. The molecule has 0 spiro atoms. The molecule has 0 aromatic carbocycles. The Balaban J connectivity index is 1.74. The van der Waals surface area contributed by atoms with Crippen molar-refractivity contribution in [2.24, 2.45) is 17.8 Å². The van der Waals surface area contributed by atoms with E-state index >= 15 is 0 Å². The van der Waals surface area contributed by atoms with Gasteiger partial charge in [0.05, 0.1) is 6.10 Å². The predicted molar refractivity (Wildman–Crippen MR) is 50.4 cm³/mol. The van der Waals surface area contributed by atoms with E-state index < -0.39 is 0 Å². The van der Waals surface area contributed by atoms with Gasteiger partial charge in [0, 0.05) is 5.92 Å². The second-order valence-electron chi connectivity index (χ2n) is 4.61. The van der Waals surface area contributed by atoms with Gasteiger partial charge in [0.25, 0.3) is 0 Å². The number of ether oxygens (including phenoxy) is 1. The number of Topliss-reactive ketones (excluding diaryl/α,β-unsaturated/α-hetero) is 1. The first-order valence-electron chi connectivity index (χ1n) is 5.34. The number of fused-ring (bicyclic) bond motifs is 1. The van der Waals surface area contributed by atoms with Crippen molar-refractivity contribution in [3.05, 3.63) is 0 Å². The van der Waals surface area contributed by atoms with Gasteiger partial charge in [-0.05, 0) is 38.5 Å². The van der Waals surface area contributed by atoms with E-state index in [1.54, 1.807) is 0 Å². The molecule has 0 bridgehead atoms. The van der Waals surface area contributed by atoms with Crippen LogP contribution in [-0.4, -0.2) is 18.5 Å². The molecule has 0 aliphatic heterocycles. The van der Waals surface area contributed by atoms with Gasteiger partial charge in [-0.15, -0.1) is 0 Å². The third kappa shape index (κ3) is 1.78. The molecule has 2 aliphatic rings. The summed E-state index contributed by atoms with van der Waals surface area (Å²) in [6, 6.07) is 0. The molecule has 2 aliphatic carbocycles. The summed E-state index contributed by atoms with van der Waals surface area (Å²) < 4.78 is 5.32. The number of hydrogen-bond donors (Lipinski definition) is 0. The van der Waals surface area contributed by atoms with Crippen LogP contribution in [-0.2, 0) is 9.53 Å². The fourth-order valence-electron chi connectivity index (χ4n) is 2.64. The fourth-order valence-corrected chi connectivity index (χ4v) is 2.64. The molecular weight excluding hydrogens is 164 g/mol. The van der Waals surface area contributed by atoms with Crippen molar-refractivity contribution in [1.29, 1.82) is 0 Å². The summed E-state index contributed by atoms with van der Waals surface area (Å²) in [5.41, 5.74) is 0. The average molecular weight is 182 g/mol. The summed E-state index contributed by atoms with van der Waals surface area (Å²) >= 11 is 0. The van der Waals surface area contributed by atoms with E-state index in [9.17, 15) is 4.79 Å². The predicted octanol–water partition coefficient (Wildman–Crippen LogP) is 2.03. The summed E-state index contributed by atoms with van der Waals surface area (Å²) in [6.45, 7) is 4.29. The van der Waals surface area contributed by atoms with E-state index in [-0.39, 0.29) is 6.10 Å². The first kappa shape index (κ1) is 9.20. The van der Waals surface area contributed by atoms with Gasteiger partial charge in [-0.25, -0.2) is 0 Å². The van der Waals surface area contributed by atoms with E-state index in [2.05, 4.69) is 0 Å². The lowest BCUT2D eigenvalue weighted by Gasteiger charge is -2.07. The zero-order valence-corrected chi connectivity index (χ0v) is 8.45. The minimum Gasteiger partial charge on any atom is -0.371 e. The molecule has 2 nitrogen and oxygen atoms in total. The largest absolute Gasteiger partial charge is 0.371 e. The van der Waals surface area contributed by atoms with Crippen LogP contribution in [0.5, 0.6) is 0 Å². The van der Waals surface area contributed by atoms with Gasteiger partial charge in [-0.1, -0.05) is 6.42 Å². The molecule has 13 heavy (non-hydrogen) atoms. The third-order valence-corrected chi connectivity index (χ3v) is 3.34. The van der Waals surface area contributed by atoms with Gasteiger partial charge >= 0.3 is 0 Å². The lowest BCUT2D eigenvalue weighted by atomic mass is 10.1. The lowest BCUT2D eigenvalue weighted by molar-refractivity contribution is -0.126. The van der Waals surface area contributed by atoms with Crippen molar-refractivity contribution in [3.63, 3.8) is 0 Å². The highest BCUT2D eigenvalue weighted by Gasteiger charge is 2.55. The minimum absolute atomic E-state index is 0.183. The Bertz CT molecular complexity index is 200. The molecule has 0 N–H and O–H groups in total. The monoisotopic (exact) mass is 182 g/mol. The van der Waals surface area contributed by atoms with Crippen LogP contribution < -0.4 is 0 Å². The molecule has 0 radical (unpaired) electrons. The van der Waals surface area contributed by atoms with Gasteiger partial charge in [0.15, 0.2) is 5.78 Å². The number of carbonyl (C=O) groups excluding carboxylic acids is 1. The fraction of sp³-hybridized carbons (Fsp3) is 0.909. The first-order chi connectivity index (χ1) is 6.20. The Kier molecular flexibility index (Phi) is 2.41. The summed E-state index contributed by atoms with van der Waals surface area (Å²) in [7, 11) is 0. The molecule has 74 valence electrons. The normalized spacial score (nSPS) is 36.4. The van der Waals surface area contributed by atoms with Crippen LogP contribution in [0.15, 0.2) is 0 Å². The highest BCUT2D eigenvalue weighted by Crippen LogP contribution is 2.57. The van der Waals surface area contributed by atoms with E-state index in [1.807, 2.05) is 13.8 Å².